The second-order valence-electron chi connectivity index (χ2n) is 7.63. The summed E-state index contributed by atoms with van der Waals surface area (Å²) in [5.41, 5.74) is 2.98. The second-order valence-corrected chi connectivity index (χ2v) is 7.63. The number of nitrogens with zero attached hydrogens (tertiary/aromatic N) is 1. The third kappa shape index (κ3) is 3.44. The Balaban J connectivity index is 1.39. The van der Waals surface area contributed by atoms with Gasteiger partial charge in [-0.25, -0.2) is 0 Å². The van der Waals surface area contributed by atoms with Crippen LogP contribution in [0.3, 0.4) is 0 Å². The normalized spacial score (nSPS) is 23.4. The number of hydrogen-bond acceptors (Lipinski definition) is 4. The van der Waals surface area contributed by atoms with Crippen LogP contribution in [0.5, 0.6) is 0 Å². The Morgan fingerprint density at radius 2 is 1.80 bits per heavy atom. The van der Waals surface area contributed by atoms with Crippen molar-refractivity contribution in [3.63, 3.8) is 0 Å². The maximum absolute atomic E-state index is 5.82. The first-order valence-corrected chi connectivity index (χ1v) is 9.23. The van der Waals surface area contributed by atoms with Crippen LogP contribution in [0.2, 0.25) is 0 Å². The molecule has 2 heterocycles. The summed E-state index contributed by atoms with van der Waals surface area (Å²) in [6.45, 7) is 5.80. The lowest BCUT2D eigenvalue weighted by molar-refractivity contribution is -0.206. The minimum atomic E-state index is -0.361. The molecule has 1 aromatic rings. The molecule has 0 aromatic heterocycles. The van der Waals surface area contributed by atoms with Crippen LogP contribution in [0.15, 0.2) is 29.4 Å². The minimum absolute atomic E-state index is 0.204. The zero-order valence-corrected chi connectivity index (χ0v) is 15.0. The molecular formula is C21H25NO3. The van der Waals surface area contributed by atoms with Crippen molar-refractivity contribution in [2.45, 2.75) is 63.3 Å². The summed E-state index contributed by atoms with van der Waals surface area (Å²) < 4.78 is 11.6. The van der Waals surface area contributed by atoms with Crippen molar-refractivity contribution in [3.05, 3.63) is 35.4 Å². The van der Waals surface area contributed by atoms with Crippen molar-refractivity contribution in [1.82, 2.24) is 0 Å². The molecule has 3 aliphatic rings. The van der Waals surface area contributed by atoms with Crippen LogP contribution in [0, 0.1) is 11.8 Å². The predicted molar refractivity (Wildman–Crippen MR) is 96.4 cm³/mol. The van der Waals surface area contributed by atoms with Crippen LogP contribution in [-0.4, -0.2) is 30.3 Å². The molecule has 1 aromatic carbocycles. The molecule has 25 heavy (non-hydrogen) atoms. The van der Waals surface area contributed by atoms with Crippen LogP contribution in [0.25, 0.3) is 0 Å². The fraction of sp³-hybridized carbons (Fsp3) is 0.571. The highest BCUT2D eigenvalue weighted by Crippen LogP contribution is 2.45. The van der Waals surface area contributed by atoms with Crippen molar-refractivity contribution in [2.24, 2.45) is 5.16 Å². The smallest absolute Gasteiger partial charge is 0.168 e. The fourth-order valence-electron chi connectivity index (χ4n) is 3.85. The van der Waals surface area contributed by atoms with Gasteiger partial charge in [-0.1, -0.05) is 37.1 Å². The monoisotopic (exact) mass is 339 g/mol. The zero-order chi connectivity index (χ0) is 17.3. The molecule has 0 atom stereocenters. The third-order valence-electron chi connectivity index (χ3n) is 5.48. The van der Waals surface area contributed by atoms with Crippen molar-refractivity contribution >= 4 is 5.71 Å². The number of benzene rings is 1. The molecule has 0 amide bonds. The molecule has 0 bridgehead atoms. The van der Waals surface area contributed by atoms with Gasteiger partial charge in [-0.3, -0.25) is 0 Å². The van der Waals surface area contributed by atoms with E-state index >= 15 is 0 Å². The van der Waals surface area contributed by atoms with Crippen LogP contribution in [0.4, 0.5) is 0 Å². The lowest BCUT2D eigenvalue weighted by atomic mass is 9.78. The Morgan fingerprint density at radius 1 is 1.04 bits per heavy atom. The predicted octanol–water partition coefficient (Wildman–Crippen LogP) is 3.99. The molecule has 4 nitrogen and oxygen atoms in total. The van der Waals surface area contributed by atoms with Gasteiger partial charge in [0.2, 0.25) is 0 Å². The molecule has 2 spiro atoms. The van der Waals surface area contributed by atoms with Gasteiger partial charge in [-0.15, -0.1) is 0 Å². The Labute approximate surface area is 149 Å². The van der Waals surface area contributed by atoms with Gasteiger partial charge in [-0.05, 0) is 42.4 Å². The maximum atomic E-state index is 5.82. The van der Waals surface area contributed by atoms with E-state index in [0.29, 0.717) is 19.1 Å². The van der Waals surface area contributed by atoms with Gasteiger partial charge in [0.25, 0.3) is 0 Å². The highest BCUT2D eigenvalue weighted by atomic mass is 16.7. The Bertz CT molecular complexity index is 725. The first-order valence-electron chi connectivity index (χ1n) is 9.23. The summed E-state index contributed by atoms with van der Waals surface area (Å²) in [6, 6.07) is 8.41. The van der Waals surface area contributed by atoms with Crippen LogP contribution in [0.1, 0.15) is 63.0 Å². The molecule has 1 saturated heterocycles. The maximum Gasteiger partial charge on any atom is 0.168 e. The van der Waals surface area contributed by atoms with E-state index in [1.165, 1.54) is 5.56 Å². The zero-order valence-electron chi connectivity index (χ0n) is 15.0. The van der Waals surface area contributed by atoms with E-state index < -0.39 is 0 Å². The lowest BCUT2D eigenvalue weighted by Gasteiger charge is -2.39. The van der Waals surface area contributed by atoms with Crippen LogP contribution in [-0.2, 0) is 14.3 Å². The summed E-state index contributed by atoms with van der Waals surface area (Å²) in [4.78, 5) is 5.82. The Kier molecular flexibility index (Phi) is 4.31. The molecular weight excluding hydrogens is 314 g/mol. The molecule has 4 heteroatoms. The minimum Gasteiger partial charge on any atom is -0.388 e. The third-order valence-corrected chi connectivity index (χ3v) is 5.48. The van der Waals surface area contributed by atoms with Crippen LogP contribution < -0.4 is 0 Å². The van der Waals surface area contributed by atoms with E-state index in [1.807, 2.05) is 6.07 Å². The average molecular weight is 339 g/mol. The van der Waals surface area contributed by atoms with E-state index in [0.717, 1.165) is 43.4 Å². The topological polar surface area (TPSA) is 40.0 Å². The highest BCUT2D eigenvalue weighted by molar-refractivity contribution is 6.01. The summed E-state index contributed by atoms with van der Waals surface area (Å²) in [7, 11) is 0. The molecule has 0 unspecified atom stereocenters. The van der Waals surface area contributed by atoms with Gasteiger partial charge in [0.15, 0.2) is 5.79 Å². The number of oxime groups is 1. The summed E-state index contributed by atoms with van der Waals surface area (Å²) in [6.07, 6.45) is 4.36. The first kappa shape index (κ1) is 16.6. The van der Waals surface area contributed by atoms with Gasteiger partial charge in [-0.2, -0.15) is 0 Å². The number of hydrogen-bond donors (Lipinski definition) is 0. The number of rotatable bonds is 1. The molecule has 132 valence electrons. The summed E-state index contributed by atoms with van der Waals surface area (Å²) in [5, 5.41) is 4.26. The van der Waals surface area contributed by atoms with Crippen molar-refractivity contribution in [1.29, 1.82) is 0 Å². The second kappa shape index (κ2) is 6.48. The molecule has 4 rings (SSSR count). The standard InChI is InChI=1S/C21H25NO3/c1-16(2)18-5-3-4-17(14-18)6-7-19-15-20(25-22-19)8-10-21(11-9-20)23-12-13-24-21/h3-5,14,16H,8-13,15H2,1-2H3. The molecule has 0 N–H and O–H groups in total. The molecule has 0 radical (unpaired) electrons. The molecule has 1 saturated carbocycles. The fourth-order valence-corrected chi connectivity index (χ4v) is 3.85. The average Bonchev–Trinajstić information content (AvgIpc) is 3.24. The SMILES string of the molecule is CC(C)c1cccc(C#CC2=NOC3(CCC4(CC3)OCCO4)C2)c1. The van der Waals surface area contributed by atoms with Gasteiger partial charge in [0.05, 0.1) is 13.2 Å². The van der Waals surface area contributed by atoms with Gasteiger partial charge < -0.3 is 14.3 Å². The van der Waals surface area contributed by atoms with E-state index in [2.05, 4.69) is 49.0 Å². The molecule has 2 fully saturated rings. The van der Waals surface area contributed by atoms with Crippen LogP contribution >= 0.6 is 0 Å². The van der Waals surface area contributed by atoms with Gasteiger partial charge in [0.1, 0.15) is 11.3 Å². The molecule has 1 aliphatic carbocycles. The lowest BCUT2D eigenvalue weighted by Crippen LogP contribution is -2.43. The van der Waals surface area contributed by atoms with Crippen molar-refractivity contribution in [2.75, 3.05) is 13.2 Å². The van der Waals surface area contributed by atoms with E-state index in [4.69, 9.17) is 14.3 Å². The highest BCUT2D eigenvalue weighted by Gasteiger charge is 2.50. The largest absolute Gasteiger partial charge is 0.388 e. The first-order chi connectivity index (χ1) is 12.1. The van der Waals surface area contributed by atoms with E-state index in [1.54, 1.807) is 0 Å². The van der Waals surface area contributed by atoms with Gasteiger partial charge in [0, 0.05) is 24.8 Å². The van der Waals surface area contributed by atoms with E-state index in [-0.39, 0.29) is 11.4 Å². The van der Waals surface area contributed by atoms with E-state index in [9.17, 15) is 0 Å². The van der Waals surface area contributed by atoms with Gasteiger partial charge >= 0.3 is 0 Å². The van der Waals surface area contributed by atoms with Crippen molar-refractivity contribution < 1.29 is 14.3 Å². The quantitative estimate of drug-likeness (QED) is 0.726. The van der Waals surface area contributed by atoms with Crippen molar-refractivity contribution in [3.8, 4) is 11.8 Å². The molecule has 2 aliphatic heterocycles. The Hall–Kier alpha value is -1.83. The Morgan fingerprint density at radius 3 is 2.52 bits per heavy atom. The summed E-state index contributed by atoms with van der Waals surface area (Å²) in [5.74, 6) is 6.60. The summed E-state index contributed by atoms with van der Waals surface area (Å²) >= 11 is 0. The number of ether oxygens (including phenoxy) is 2.